The number of hydrogen-bond donors (Lipinski definition) is 1. The first kappa shape index (κ1) is 12.7. The van der Waals surface area contributed by atoms with Crippen molar-refractivity contribution in [3.63, 3.8) is 0 Å². The molecule has 0 heterocycles. The van der Waals surface area contributed by atoms with Crippen molar-refractivity contribution in [3.8, 4) is 0 Å². The van der Waals surface area contributed by atoms with Crippen LogP contribution in [0.5, 0.6) is 0 Å². The second-order valence-electron chi connectivity index (χ2n) is 3.75. The third-order valence-corrected chi connectivity index (χ3v) is 2.35. The van der Waals surface area contributed by atoms with Crippen molar-refractivity contribution < 1.29 is 0 Å². The van der Waals surface area contributed by atoms with E-state index in [1.807, 2.05) is 6.08 Å². The van der Waals surface area contributed by atoms with Gasteiger partial charge in [-0.3, -0.25) is 0 Å². The van der Waals surface area contributed by atoms with E-state index in [4.69, 9.17) is 0 Å². The van der Waals surface area contributed by atoms with Gasteiger partial charge >= 0.3 is 0 Å². The van der Waals surface area contributed by atoms with Gasteiger partial charge in [-0.1, -0.05) is 45.1 Å². The van der Waals surface area contributed by atoms with Crippen LogP contribution in [0.2, 0.25) is 0 Å². The molecular formula is C12H25N. The maximum absolute atomic E-state index is 3.74. The highest BCUT2D eigenvalue weighted by Gasteiger charge is 1.93. The fourth-order valence-corrected chi connectivity index (χ4v) is 1.32. The zero-order chi connectivity index (χ0) is 9.94. The van der Waals surface area contributed by atoms with Crippen LogP contribution in [-0.4, -0.2) is 12.6 Å². The van der Waals surface area contributed by atoms with E-state index in [-0.39, 0.29) is 0 Å². The Morgan fingerprint density at radius 2 is 1.77 bits per heavy atom. The van der Waals surface area contributed by atoms with Crippen molar-refractivity contribution in [2.24, 2.45) is 0 Å². The highest BCUT2D eigenvalue weighted by Crippen LogP contribution is 2.04. The van der Waals surface area contributed by atoms with Crippen molar-refractivity contribution in [1.29, 1.82) is 0 Å². The fraction of sp³-hybridized carbons (Fsp3) is 0.833. The van der Waals surface area contributed by atoms with E-state index in [0.29, 0.717) is 6.04 Å². The van der Waals surface area contributed by atoms with Gasteiger partial charge in [0.1, 0.15) is 0 Å². The maximum atomic E-state index is 3.74. The van der Waals surface area contributed by atoms with Gasteiger partial charge in [0.15, 0.2) is 0 Å². The first-order valence-electron chi connectivity index (χ1n) is 5.67. The van der Waals surface area contributed by atoms with Gasteiger partial charge in [-0.05, 0) is 19.9 Å². The van der Waals surface area contributed by atoms with Gasteiger partial charge in [-0.25, -0.2) is 0 Å². The van der Waals surface area contributed by atoms with Gasteiger partial charge < -0.3 is 5.32 Å². The molecule has 78 valence electrons. The summed E-state index contributed by atoms with van der Waals surface area (Å²) in [6, 6.07) is 0.468. The summed E-state index contributed by atoms with van der Waals surface area (Å²) in [6.07, 6.45) is 10.2. The maximum Gasteiger partial charge on any atom is 0.0219 e. The van der Waals surface area contributed by atoms with Crippen LogP contribution < -0.4 is 5.32 Å². The highest BCUT2D eigenvalue weighted by molar-refractivity contribution is 4.80. The molecule has 0 radical (unpaired) electrons. The summed E-state index contributed by atoms with van der Waals surface area (Å²) >= 11 is 0. The molecule has 0 aromatic heterocycles. The molecule has 0 rings (SSSR count). The molecule has 0 saturated heterocycles. The summed E-state index contributed by atoms with van der Waals surface area (Å²) in [7, 11) is 0. The van der Waals surface area contributed by atoms with Crippen LogP contribution in [0.3, 0.4) is 0 Å². The minimum atomic E-state index is 0.468. The molecule has 0 amide bonds. The smallest absolute Gasteiger partial charge is 0.0219 e. The molecule has 0 aromatic rings. The van der Waals surface area contributed by atoms with Crippen LogP contribution in [0.1, 0.15) is 52.4 Å². The van der Waals surface area contributed by atoms with Crippen molar-refractivity contribution >= 4 is 0 Å². The van der Waals surface area contributed by atoms with Gasteiger partial charge in [-0.2, -0.15) is 0 Å². The second kappa shape index (κ2) is 9.79. The molecule has 1 nitrogen and oxygen atoms in total. The average molecular weight is 183 g/mol. The van der Waals surface area contributed by atoms with Gasteiger partial charge in [0.05, 0.1) is 0 Å². The van der Waals surface area contributed by atoms with Gasteiger partial charge in [0.2, 0.25) is 0 Å². The number of nitrogens with one attached hydrogen (secondary N) is 1. The minimum Gasteiger partial charge on any atom is -0.311 e. The Morgan fingerprint density at radius 1 is 1.15 bits per heavy atom. The van der Waals surface area contributed by atoms with Gasteiger partial charge in [0, 0.05) is 6.04 Å². The predicted octanol–water partition coefficient (Wildman–Crippen LogP) is 3.51. The normalized spacial score (nSPS) is 12.8. The zero-order valence-corrected chi connectivity index (χ0v) is 9.31. The lowest BCUT2D eigenvalue weighted by atomic mass is 10.1. The molecule has 0 saturated carbocycles. The zero-order valence-electron chi connectivity index (χ0n) is 9.31. The van der Waals surface area contributed by atoms with E-state index in [0.717, 1.165) is 6.54 Å². The van der Waals surface area contributed by atoms with Crippen LogP contribution in [-0.2, 0) is 0 Å². The van der Waals surface area contributed by atoms with Gasteiger partial charge in [-0.15, -0.1) is 6.58 Å². The summed E-state index contributed by atoms with van der Waals surface area (Å²) < 4.78 is 0. The van der Waals surface area contributed by atoms with Crippen LogP contribution in [0, 0.1) is 0 Å². The summed E-state index contributed by atoms with van der Waals surface area (Å²) in [5, 5.41) is 3.41. The van der Waals surface area contributed by atoms with E-state index >= 15 is 0 Å². The molecule has 0 aliphatic heterocycles. The largest absolute Gasteiger partial charge is 0.311 e. The third-order valence-electron chi connectivity index (χ3n) is 2.35. The van der Waals surface area contributed by atoms with Crippen LogP contribution in [0.25, 0.3) is 0 Å². The molecule has 0 fully saturated rings. The Labute approximate surface area is 83.6 Å². The standard InChI is InChI=1S/C12H25N/c1-4-6-7-8-9-10-11-13-12(3)5-2/h5,12-13H,2,4,6-11H2,1,3H3. The molecule has 0 aromatic carbocycles. The molecule has 13 heavy (non-hydrogen) atoms. The average Bonchev–Trinajstić information content (AvgIpc) is 2.16. The van der Waals surface area contributed by atoms with Crippen LogP contribution >= 0.6 is 0 Å². The Bertz CT molecular complexity index is 110. The molecular weight excluding hydrogens is 158 g/mol. The van der Waals surface area contributed by atoms with Crippen molar-refractivity contribution in [3.05, 3.63) is 12.7 Å². The molecule has 0 aliphatic carbocycles. The third kappa shape index (κ3) is 9.62. The van der Waals surface area contributed by atoms with E-state index < -0.39 is 0 Å². The Balaban J connectivity index is 2.95. The second-order valence-corrected chi connectivity index (χ2v) is 3.75. The quantitative estimate of drug-likeness (QED) is 0.426. The minimum absolute atomic E-state index is 0.468. The topological polar surface area (TPSA) is 12.0 Å². The van der Waals surface area contributed by atoms with E-state index in [2.05, 4.69) is 25.7 Å². The van der Waals surface area contributed by atoms with Crippen molar-refractivity contribution in [2.75, 3.05) is 6.54 Å². The summed E-state index contributed by atoms with van der Waals surface area (Å²) in [5.74, 6) is 0. The number of rotatable bonds is 9. The molecule has 1 heteroatoms. The fourth-order valence-electron chi connectivity index (χ4n) is 1.32. The van der Waals surface area contributed by atoms with E-state index in [1.54, 1.807) is 0 Å². The first-order chi connectivity index (χ1) is 6.31. The van der Waals surface area contributed by atoms with E-state index in [9.17, 15) is 0 Å². The van der Waals surface area contributed by atoms with Crippen molar-refractivity contribution in [1.82, 2.24) is 5.32 Å². The summed E-state index contributed by atoms with van der Waals surface area (Å²) in [6.45, 7) is 9.28. The lowest BCUT2D eigenvalue weighted by Gasteiger charge is -2.08. The monoisotopic (exact) mass is 183 g/mol. The first-order valence-corrected chi connectivity index (χ1v) is 5.67. The Morgan fingerprint density at radius 3 is 2.38 bits per heavy atom. The summed E-state index contributed by atoms with van der Waals surface area (Å²) in [5.41, 5.74) is 0. The highest BCUT2D eigenvalue weighted by atomic mass is 14.9. The summed E-state index contributed by atoms with van der Waals surface area (Å²) in [4.78, 5) is 0. The molecule has 0 spiro atoms. The molecule has 1 N–H and O–H groups in total. The van der Waals surface area contributed by atoms with E-state index in [1.165, 1.54) is 38.5 Å². The Hall–Kier alpha value is -0.300. The Kier molecular flexibility index (Phi) is 9.56. The molecule has 0 aliphatic rings. The number of hydrogen-bond acceptors (Lipinski definition) is 1. The molecule has 1 atom stereocenters. The van der Waals surface area contributed by atoms with Crippen LogP contribution in [0.4, 0.5) is 0 Å². The predicted molar refractivity (Wildman–Crippen MR) is 61.0 cm³/mol. The van der Waals surface area contributed by atoms with Crippen molar-refractivity contribution in [2.45, 2.75) is 58.4 Å². The molecule has 0 bridgehead atoms. The lowest BCUT2D eigenvalue weighted by Crippen LogP contribution is -2.24. The van der Waals surface area contributed by atoms with Gasteiger partial charge in [0.25, 0.3) is 0 Å². The lowest BCUT2D eigenvalue weighted by molar-refractivity contribution is 0.555. The molecule has 1 unspecified atom stereocenters. The SMILES string of the molecule is C=CC(C)NCCCCCCCC. The van der Waals surface area contributed by atoms with Crippen LogP contribution in [0.15, 0.2) is 12.7 Å². The number of unbranched alkanes of at least 4 members (excludes halogenated alkanes) is 5.